The maximum atomic E-state index is 5.60. The fraction of sp³-hybridized carbons (Fsp3) is 0.545. The number of ether oxygens (including phenoxy) is 1. The highest BCUT2D eigenvalue weighted by Gasteiger charge is 2.11. The number of hydrogen-bond acceptors (Lipinski definition) is 5. The molecular weight excluding hydrogens is 366 g/mol. The Kier molecular flexibility index (Phi) is 8.85. The molecule has 1 aliphatic heterocycles. The SMILES string of the molecule is CN=C(NCCCOCc1ccco1)NCc1ccnc(N2CCCCCC2)c1. The Labute approximate surface area is 173 Å². The number of pyridine rings is 1. The lowest BCUT2D eigenvalue weighted by Crippen LogP contribution is -2.37. The highest BCUT2D eigenvalue weighted by atomic mass is 16.5. The van der Waals surface area contributed by atoms with Crippen molar-refractivity contribution >= 4 is 11.8 Å². The van der Waals surface area contributed by atoms with Gasteiger partial charge in [0.05, 0.1) is 6.26 Å². The number of furan rings is 1. The molecular formula is C22H33N5O2. The first-order chi connectivity index (χ1) is 14.3. The zero-order chi connectivity index (χ0) is 20.2. The van der Waals surface area contributed by atoms with Crippen LogP contribution in [0.15, 0.2) is 46.1 Å². The monoisotopic (exact) mass is 399 g/mol. The van der Waals surface area contributed by atoms with Crippen molar-refractivity contribution in [2.24, 2.45) is 4.99 Å². The van der Waals surface area contributed by atoms with Gasteiger partial charge in [-0.2, -0.15) is 0 Å². The number of nitrogens with one attached hydrogen (secondary N) is 2. The predicted octanol–water partition coefficient (Wildman–Crippen LogP) is 3.33. The van der Waals surface area contributed by atoms with Gasteiger partial charge >= 0.3 is 0 Å². The summed E-state index contributed by atoms with van der Waals surface area (Å²) in [7, 11) is 1.79. The molecule has 0 spiro atoms. The summed E-state index contributed by atoms with van der Waals surface area (Å²) in [6.07, 6.45) is 9.63. The molecule has 0 saturated carbocycles. The van der Waals surface area contributed by atoms with E-state index in [1.54, 1.807) is 13.3 Å². The van der Waals surface area contributed by atoms with Crippen molar-refractivity contribution in [2.45, 2.75) is 45.3 Å². The number of aliphatic imine (C=N–C) groups is 1. The Bertz CT molecular complexity index is 725. The summed E-state index contributed by atoms with van der Waals surface area (Å²) in [5, 5.41) is 6.71. The number of hydrogen-bond donors (Lipinski definition) is 2. The molecule has 0 amide bonds. The molecule has 158 valence electrons. The third-order valence-corrected chi connectivity index (χ3v) is 5.01. The van der Waals surface area contributed by atoms with E-state index in [1.165, 1.54) is 31.2 Å². The van der Waals surface area contributed by atoms with Crippen LogP contribution in [-0.4, -0.2) is 44.2 Å². The minimum Gasteiger partial charge on any atom is -0.467 e. The fourth-order valence-corrected chi connectivity index (χ4v) is 3.40. The van der Waals surface area contributed by atoms with Crippen LogP contribution in [0.1, 0.15) is 43.4 Å². The summed E-state index contributed by atoms with van der Waals surface area (Å²) in [6.45, 7) is 4.92. The minimum atomic E-state index is 0.515. The molecule has 2 N–H and O–H groups in total. The van der Waals surface area contributed by atoms with Crippen molar-refractivity contribution in [1.29, 1.82) is 0 Å². The number of guanidine groups is 1. The molecule has 7 heteroatoms. The molecule has 0 aliphatic carbocycles. The van der Waals surface area contributed by atoms with Gasteiger partial charge in [0.15, 0.2) is 5.96 Å². The maximum Gasteiger partial charge on any atom is 0.191 e. The lowest BCUT2D eigenvalue weighted by molar-refractivity contribution is 0.105. The molecule has 0 bridgehead atoms. The molecule has 0 unspecified atom stereocenters. The Hall–Kier alpha value is -2.54. The first-order valence-electron chi connectivity index (χ1n) is 10.6. The summed E-state index contributed by atoms with van der Waals surface area (Å²) >= 11 is 0. The number of anilines is 1. The molecule has 2 aromatic heterocycles. The van der Waals surface area contributed by atoms with E-state index >= 15 is 0 Å². The van der Waals surface area contributed by atoms with Crippen molar-refractivity contribution in [3.8, 4) is 0 Å². The molecule has 0 atom stereocenters. The van der Waals surface area contributed by atoms with Crippen LogP contribution in [0.5, 0.6) is 0 Å². The quantitative estimate of drug-likeness (QED) is 0.383. The van der Waals surface area contributed by atoms with Crippen molar-refractivity contribution in [3.63, 3.8) is 0 Å². The number of rotatable bonds is 9. The second-order valence-corrected chi connectivity index (χ2v) is 7.26. The van der Waals surface area contributed by atoms with Gasteiger partial charge in [0.2, 0.25) is 0 Å². The molecule has 1 aliphatic rings. The smallest absolute Gasteiger partial charge is 0.191 e. The van der Waals surface area contributed by atoms with Gasteiger partial charge in [-0.05, 0) is 49.1 Å². The lowest BCUT2D eigenvalue weighted by Gasteiger charge is -2.22. The number of aromatic nitrogens is 1. The van der Waals surface area contributed by atoms with Crippen molar-refractivity contribution < 1.29 is 9.15 Å². The average Bonchev–Trinajstić information content (AvgIpc) is 3.12. The fourth-order valence-electron chi connectivity index (χ4n) is 3.40. The summed E-state index contributed by atoms with van der Waals surface area (Å²) in [5.41, 5.74) is 1.21. The van der Waals surface area contributed by atoms with E-state index in [1.807, 2.05) is 18.3 Å². The van der Waals surface area contributed by atoms with Gasteiger partial charge in [0, 0.05) is 46.0 Å². The van der Waals surface area contributed by atoms with Crippen LogP contribution in [0.25, 0.3) is 0 Å². The average molecular weight is 400 g/mol. The van der Waals surface area contributed by atoms with Crippen molar-refractivity contribution in [2.75, 3.05) is 38.2 Å². The zero-order valence-corrected chi connectivity index (χ0v) is 17.4. The Morgan fingerprint density at radius 2 is 2.07 bits per heavy atom. The number of nitrogens with zero attached hydrogens (tertiary/aromatic N) is 3. The van der Waals surface area contributed by atoms with Crippen LogP contribution >= 0.6 is 0 Å². The standard InChI is InChI=1S/C22H33N5O2/c1-23-22(25-10-7-14-28-18-20-8-6-15-29-20)26-17-19-9-11-24-21(16-19)27-12-4-2-3-5-13-27/h6,8-9,11,15-16H,2-5,7,10,12-14,17-18H2,1H3,(H2,23,25,26). The Morgan fingerprint density at radius 3 is 2.83 bits per heavy atom. The highest BCUT2D eigenvalue weighted by molar-refractivity contribution is 5.79. The van der Waals surface area contributed by atoms with Gasteiger partial charge in [-0.15, -0.1) is 0 Å². The van der Waals surface area contributed by atoms with E-state index in [0.717, 1.165) is 50.1 Å². The van der Waals surface area contributed by atoms with E-state index in [9.17, 15) is 0 Å². The second kappa shape index (κ2) is 12.1. The van der Waals surface area contributed by atoms with E-state index in [0.29, 0.717) is 13.2 Å². The predicted molar refractivity (Wildman–Crippen MR) is 116 cm³/mol. The first-order valence-corrected chi connectivity index (χ1v) is 10.6. The van der Waals surface area contributed by atoms with Crippen LogP contribution in [-0.2, 0) is 17.9 Å². The van der Waals surface area contributed by atoms with Gasteiger partial charge in [-0.1, -0.05) is 12.8 Å². The maximum absolute atomic E-state index is 5.60. The molecule has 2 aromatic rings. The summed E-state index contributed by atoms with van der Waals surface area (Å²) in [6, 6.07) is 8.04. The summed E-state index contributed by atoms with van der Waals surface area (Å²) in [5.74, 6) is 2.74. The Balaban J connectivity index is 1.36. The Morgan fingerprint density at radius 1 is 1.21 bits per heavy atom. The third-order valence-electron chi connectivity index (χ3n) is 5.01. The largest absolute Gasteiger partial charge is 0.467 e. The van der Waals surface area contributed by atoms with E-state index in [-0.39, 0.29) is 0 Å². The van der Waals surface area contributed by atoms with Crippen LogP contribution in [0, 0.1) is 0 Å². The molecule has 3 heterocycles. The van der Waals surface area contributed by atoms with Gasteiger partial charge in [0.1, 0.15) is 18.2 Å². The van der Waals surface area contributed by atoms with Crippen LogP contribution < -0.4 is 15.5 Å². The summed E-state index contributed by atoms with van der Waals surface area (Å²) in [4.78, 5) is 11.3. The molecule has 1 saturated heterocycles. The molecule has 29 heavy (non-hydrogen) atoms. The third kappa shape index (κ3) is 7.42. The van der Waals surface area contributed by atoms with Gasteiger partial charge in [0.25, 0.3) is 0 Å². The van der Waals surface area contributed by atoms with Crippen LogP contribution in [0.3, 0.4) is 0 Å². The van der Waals surface area contributed by atoms with E-state index in [4.69, 9.17) is 9.15 Å². The summed E-state index contributed by atoms with van der Waals surface area (Å²) < 4.78 is 10.8. The minimum absolute atomic E-state index is 0.515. The van der Waals surface area contributed by atoms with Crippen molar-refractivity contribution in [3.05, 3.63) is 48.0 Å². The van der Waals surface area contributed by atoms with Gasteiger partial charge in [-0.25, -0.2) is 4.98 Å². The molecule has 0 radical (unpaired) electrons. The topological polar surface area (TPSA) is 74.9 Å². The van der Waals surface area contributed by atoms with Crippen molar-refractivity contribution in [1.82, 2.24) is 15.6 Å². The van der Waals surface area contributed by atoms with E-state index in [2.05, 4.69) is 37.6 Å². The zero-order valence-electron chi connectivity index (χ0n) is 17.4. The molecule has 3 rings (SSSR count). The molecule has 1 fully saturated rings. The molecule has 0 aromatic carbocycles. The van der Waals surface area contributed by atoms with E-state index < -0.39 is 0 Å². The van der Waals surface area contributed by atoms with Gasteiger partial charge < -0.3 is 24.7 Å². The lowest BCUT2D eigenvalue weighted by atomic mass is 10.2. The van der Waals surface area contributed by atoms with Gasteiger partial charge in [-0.3, -0.25) is 4.99 Å². The first kappa shape index (κ1) is 21.2. The second-order valence-electron chi connectivity index (χ2n) is 7.26. The highest BCUT2D eigenvalue weighted by Crippen LogP contribution is 2.18. The van der Waals surface area contributed by atoms with Crippen LogP contribution in [0.2, 0.25) is 0 Å². The van der Waals surface area contributed by atoms with Crippen LogP contribution in [0.4, 0.5) is 5.82 Å². The molecule has 7 nitrogen and oxygen atoms in total. The normalized spacial score (nSPS) is 15.2.